The Morgan fingerprint density at radius 2 is 1.67 bits per heavy atom. The van der Waals surface area contributed by atoms with Crippen LogP contribution in [0.25, 0.3) is 6.08 Å². The number of ether oxygens (including phenoxy) is 2. The van der Waals surface area contributed by atoms with Crippen LogP contribution in [0.4, 0.5) is 0 Å². The van der Waals surface area contributed by atoms with E-state index in [9.17, 15) is 9.90 Å². The molecule has 0 heterocycles. The van der Waals surface area contributed by atoms with Gasteiger partial charge >= 0.3 is 0 Å². The average molecular weight is 284 g/mol. The van der Waals surface area contributed by atoms with Gasteiger partial charge in [0.1, 0.15) is 17.2 Å². The third kappa shape index (κ3) is 3.63. The van der Waals surface area contributed by atoms with Gasteiger partial charge in [-0.3, -0.25) is 4.79 Å². The molecule has 0 spiro atoms. The fraction of sp³-hybridized carbons (Fsp3) is 0.118. The highest BCUT2D eigenvalue weighted by Crippen LogP contribution is 2.24. The third-order valence-corrected chi connectivity index (χ3v) is 2.97. The largest absolute Gasteiger partial charge is 0.507 e. The molecule has 0 aliphatic heterocycles. The molecule has 1 N–H and O–H groups in total. The first-order valence-corrected chi connectivity index (χ1v) is 6.37. The van der Waals surface area contributed by atoms with Gasteiger partial charge < -0.3 is 14.6 Å². The molecule has 0 amide bonds. The van der Waals surface area contributed by atoms with Crippen molar-refractivity contribution in [2.75, 3.05) is 14.2 Å². The summed E-state index contributed by atoms with van der Waals surface area (Å²) in [5.41, 5.74) is 1.04. The second-order valence-corrected chi connectivity index (χ2v) is 4.36. The van der Waals surface area contributed by atoms with E-state index in [1.807, 2.05) is 0 Å². The quantitative estimate of drug-likeness (QED) is 0.676. The maximum absolute atomic E-state index is 12.0. The van der Waals surface area contributed by atoms with E-state index in [0.717, 1.165) is 5.56 Å². The van der Waals surface area contributed by atoms with E-state index < -0.39 is 0 Å². The van der Waals surface area contributed by atoms with Gasteiger partial charge in [-0.1, -0.05) is 18.2 Å². The predicted molar refractivity (Wildman–Crippen MR) is 81.0 cm³/mol. The second-order valence-electron chi connectivity index (χ2n) is 4.36. The molecule has 108 valence electrons. The maximum Gasteiger partial charge on any atom is 0.189 e. The van der Waals surface area contributed by atoms with E-state index in [4.69, 9.17) is 9.47 Å². The van der Waals surface area contributed by atoms with Crippen LogP contribution in [0.3, 0.4) is 0 Å². The summed E-state index contributed by atoms with van der Waals surface area (Å²) in [5, 5.41) is 9.65. The Labute approximate surface area is 123 Å². The Morgan fingerprint density at radius 1 is 1.05 bits per heavy atom. The maximum atomic E-state index is 12.0. The van der Waals surface area contributed by atoms with Crippen molar-refractivity contribution >= 4 is 11.9 Å². The van der Waals surface area contributed by atoms with Crippen LogP contribution in [0.1, 0.15) is 15.9 Å². The molecule has 21 heavy (non-hydrogen) atoms. The number of aromatic hydroxyl groups is 1. The van der Waals surface area contributed by atoms with Crippen molar-refractivity contribution in [3.8, 4) is 17.2 Å². The second kappa shape index (κ2) is 6.61. The lowest BCUT2D eigenvalue weighted by atomic mass is 10.1. The molecule has 2 aromatic rings. The zero-order valence-corrected chi connectivity index (χ0v) is 11.9. The fourth-order valence-electron chi connectivity index (χ4n) is 1.87. The molecular formula is C17H16O4. The summed E-state index contributed by atoms with van der Waals surface area (Å²) < 4.78 is 10.3. The summed E-state index contributed by atoms with van der Waals surface area (Å²) in [5.74, 6) is 0.985. The van der Waals surface area contributed by atoms with Crippen molar-refractivity contribution in [2.24, 2.45) is 0 Å². The molecule has 0 saturated heterocycles. The zero-order chi connectivity index (χ0) is 15.2. The fourth-order valence-corrected chi connectivity index (χ4v) is 1.87. The SMILES string of the molecule is COc1cc(C=CC(=O)c2ccccc2O)cc(OC)c1. The van der Waals surface area contributed by atoms with E-state index in [1.54, 1.807) is 56.7 Å². The number of hydrogen-bond acceptors (Lipinski definition) is 4. The molecule has 0 aromatic heterocycles. The van der Waals surface area contributed by atoms with Crippen LogP contribution in [0.5, 0.6) is 17.2 Å². The van der Waals surface area contributed by atoms with Crippen LogP contribution in [-0.2, 0) is 0 Å². The van der Waals surface area contributed by atoms with Crippen LogP contribution in [0, 0.1) is 0 Å². The Hall–Kier alpha value is -2.75. The molecule has 2 rings (SSSR count). The Morgan fingerprint density at radius 3 is 2.24 bits per heavy atom. The zero-order valence-electron chi connectivity index (χ0n) is 11.9. The lowest BCUT2D eigenvalue weighted by molar-refractivity contribution is 0.104. The smallest absolute Gasteiger partial charge is 0.189 e. The predicted octanol–water partition coefficient (Wildman–Crippen LogP) is 3.31. The summed E-state index contributed by atoms with van der Waals surface area (Å²) >= 11 is 0. The molecule has 0 saturated carbocycles. The van der Waals surface area contributed by atoms with E-state index in [1.165, 1.54) is 12.1 Å². The molecular weight excluding hydrogens is 268 g/mol. The third-order valence-electron chi connectivity index (χ3n) is 2.97. The van der Waals surface area contributed by atoms with Gasteiger partial charge in [-0.15, -0.1) is 0 Å². The Bertz CT molecular complexity index is 652. The number of benzene rings is 2. The molecule has 0 aliphatic rings. The van der Waals surface area contributed by atoms with E-state index in [-0.39, 0.29) is 17.1 Å². The van der Waals surface area contributed by atoms with Gasteiger partial charge in [0.15, 0.2) is 5.78 Å². The van der Waals surface area contributed by atoms with Crippen LogP contribution in [0.15, 0.2) is 48.5 Å². The number of para-hydroxylation sites is 1. The van der Waals surface area contributed by atoms with E-state index >= 15 is 0 Å². The number of phenolic OH excluding ortho intramolecular Hbond substituents is 1. The van der Waals surface area contributed by atoms with Crippen molar-refractivity contribution in [3.63, 3.8) is 0 Å². The van der Waals surface area contributed by atoms with Gasteiger partial charge in [-0.2, -0.15) is 0 Å². The normalized spacial score (nSPS) is 10.6. The number of allylic oxidation sites excluding steroid dienone is 1. The van der Waals surface area contributed by atoms with Crippen LogP contribution >= 0.6 is 0 Å². The standard InChI is InChI=1S/C17H16O4/c1-20-13-9-12(10-14(11-13)21-2)7-8-17(19)15-5-3-4-6-16(15)18/h3-11,18H,1-2H3. The van der Waals surface area contributed by atoms with Gasteiger partial charge in [-0.25, -0.2) is 0 Å². The van der Waals surface area contributed by atoms with Crippen LogP contribution < -0.4 is 9.47 Å². The minimum atomic E-state index is -0.269. The number of carbonyl (C=O) groups is 1. The van der Waals surface area contributed by atoms with Gasteiger partial charge in [-0.05, 0) is 35.9 Å². The lowest BCUT2D eigenvalue weighted by Gasteiger charge is -2.05. The molecule has 0 bridgehead atoms. The van der Waals surface area contributed by atoms with Gasteiger partial charge in [0.2, 0.25) is 0 Å². The van der Waals surface area contributed by atoms with Crippen molar-refractivity contribution < 1.29 is 19.4 Å². The number of rotatable bonds is 5. The Balaban J connectivity index is 2.25. The highest BCUT2D eigenvalue weighted by Gasteiger charge is 2.07. The van der Waals surface area contributed by atoms with Crippen molar-refractivity contribution in [3.05, 3.63) is 59.7 Å². The molecule has 2 aromatic carbocycles. The minimum Gasteiger partial charge on any atom is -0.507 e. The van der Waals surface area contributed by atoms with Crippen molar-refractivity contribution in [2.45, 2.75) is 0 Å². The number of methoxy groups -OCH3 is 2. The molecule has 0 radical (unpaired) electrons. The average Bonchev–Trinajstić information content (AvgIpc) is 2.52. The first kappa shape index (κ1) is 14.7. The van der Waals surface area contributed by atoms with Gasteiger partial charge in [0.05, 0.1) is 19.8 Å². The minimum absolute atomic E-state index is 0.0321. The molecule has 4 heteroatoms. The van der Waals surface area contributed by atoms with Crippen molar-refractivity contribution in [1.29, 1.82) is 0 Å². The highest BCUT2D eigenvalue weighted by atomic mass is 16.5. The van der Waals surface area contributed by atoms with Gasteiger partial charge in [0.25, 0.3) is 0 Å². The summed E-state index contributed by atoms with van der Waals surface area (Å²) in [6.07, 6.45) is 3.06. The van der Waals surface area contributed by atoms with Gasteiger partial charge in [0, 0.05) is 6.07 Å². The number of phenols is 1. The first-order valence-electron chi connectivity index (χ1n) is 6.37. The Kier molecular flexibility index (Phi) is 4.61. The van der Waals surface area contributed by atoms with E-state index in [2.05, 4.69) is 0 Å². The summed E-state index contributed by atoms with van der Waals surface area (Å²) in [6.45, 7) is 0. The highest BCUT2D eigenvalue weighted by molar-refractivity contribution is 6.08. The van der Waals surface area contributed by atoms with Crippen LogP contribution in [-0.4, -0.2) is 25.1 Å². The topological polar surface area (TPSA) is 55.8 Å². The summed E-state index contributed by atoms with van der Waals surface area (Å²) in [4.78, 5) is 12.0. The summed E-state index contributed by atoms with van der Waals surface area (Å²) in [6, 6.07) is 11.8. The number of hydrogen-bond donors (Lipinski definition) is 1. The first-order chi connectivity index (χ1) is 10.1. The monoisotopic (exact) mass is 284 g/mol. The van der Waals surface area contributed by atoms with E-state index in [0.29, 0.717) is 11.5 Å². The van der Waals surface area contributed by atoms with Crippen molar-refractivity contribution in [1.82, 2.24) is 0 Å². The van der Waals surface area contributed by atoms with Crippen LogP contribution in [0.2, 0.25) is 0 Å². The number of carbonyl (C=O) groups excluding carboxylic acids is 1. The lowest BCUT2D eigenvalue weighted by Crippen LogP contribution is -1.94. The number of ketones is 1. The molecule has 0 aliphatic carbocycles. The molecule has 0 unspecified atom stereocenters. The molecule has 0 atom stereocenters. The molecule has 4 nitrogen and oxygen atoms in total. The molecule has 0 fully saturated rings. The summed E-state index contributed by atoms with van der Waals surface area (Å²) in [7, 11) is 3.13.